The van der Waals surface area contributed by atoms with Crippen LogP contribution in [0.15, 0.2) is 42.5 Å². The molecule has 0 spiro atoms. The van der Waals surface area contributed by atoms with Crippen LogP contribution in [0.5, 0.6) is 0 Å². The Hall–Kier alpha value is -1.26. The lowest BCUT2D eigenvalue weighted by Crippen LogP contribution is -2.49. The molecule has 1 amide bonds. The summed E-state index contributed by atoms with van der Waals surface area (Å²) < 4.78 is 0. The minimum atomic E-state index is 0. The standard InChI is InChI=1S/C19H20Cl2N2O.ClH/c1-12(14-9-22-10-14)19(24)23-11-13-4-2-3-5-16(13)17-7-6-15(20)8-18(17)21;/h2-8,12,14,22H,9-11H2,1H3,(H,23,24);1H. The van der Waals surface area contributed by atoms with Crippen molar-refractivity contribution < 1.29 is 4.79 Å². The van der Waals surface area contributed by atoms with Crippen LogP contribution in [0.1, 0.15) is 12.5 Å². The Morgan fingerprint density at radius 1 is 1.20 bits per heavy atom. The SMILES string of the molecule is CC(C(=O)NCc1ccccc1-c1ccc(Cl)cc1Cl)C1CNC1.Cl. The number of benzene rings is 2. The van der Waals surface area contributed by atoms with Crippen molar-refractivity contribution in [2.24, 2.45) is 11.8 Å². The van der Waals surface area contributed by atoms with Gasteiger partial charge in [0.25, 0.3) is 0 Å². The van der Waals surface area contributed by atoms with Crippen LogP contribution in [-0.4, -0.2) is 19.0 Å². The highest BCUT2D eigenvalue weighted by atomic mass is 35.5. The van der Waals surface area contributed by atoms with E-state index in [1.165, 1.54) is 0 Å². The molecule has 0 bridgehead atoms. The molecule has 6 heteroatoms. The number of rotatable bonds is 5. The predicted molar refractivity (Wildman–Crippen MR) is 107 cm³/mol. The number of hydrogen-bond donors (Lipinski definition) is 2. The van der Waals surface area contributed by atoms with E-state index in [9.17, 15) is 4.79 Å². The minimum absolute atomic E-state index is 0. The van der Waals surface area contributed by atoms with Gasteiger partial charge in [-0.3, -0.25) is 4.79 Å². The molecule has 1 atom stereocenters. The van der Waals surface area contributed by atoms with Crippen molar-refractivity contribution in [3.05, 3.63) is 58.1 Å². The smallest absolute Gasteiger partial charge is 0.223 e. The van der Waals surface area contributed by atoms with Crippen molar-refractivity contribution in [2.75, 3.05) is 13.1 Å². The molecule has 134 valence electrons. The Morgan fingerprint density at radius 2 is 1.92 bits per heavy atom. The predicted octanol–water partition coefficient (Wildman–Crippen LogP) is 4.55. The van der Waals surface area contributed by atoms with Crippen LogP contribution < -0.4 is 10.6 Å². The molecule has 1 aliphatic heterocycles. The lowest BCUT2D eigenvalue weighted by molar-refractivity contribution is -0.126. The highest BCUT2D eigenvalue weighted by Crippen LogP contribution is 2.32. The van der Waals surface area contributed by atoms with Crippen molar-refractivity contribution >= 4 is 41.5 Å². The lowest BCUT2D eigenvalue weighted by Gasteiger charge is -2.31. The molecule has 3 rings (SSSR count). The van der Waals surface area contributed by atoms with Crippen molar-refractivity contribution in [3.63, 3.8) is 0 Å². The maximum atomic E-state index is 12.3. The summed E-state index contributed by atoms with van der Waals surface area (Å²) in [6, 6.07) is 13.4. The van der Waals surface area contributed by atoms with E-state index >= 15 is 0 Å². The van der Waals surface area contributed by atoms with E-state index in [1.807, 2.05) is 43.3 Å². The third kappa shape index (κ3) is 4.68. The van der Waals surface area contributed by atoms with E-state index < -0.39 is 0 Å². The fraction of sp³-hybridized carbons (Fsp3) is 0.316. The Balaban J connectivity index is 0.00000225. The molecule has 1 unspecified atom stereocenters. The van der Waals surface area contributed by atoms with Gasteiger partial charge >= 0.3 is 0 Å². The van der Waals surface area contributed by atoms with Crippen LogP contribution in [0.25, 0.3) is 11.1 Å². The van der Waals surface area contributed by atoms with Gasteiger partial charge in [-0.1, -0.05) is 60.5 Å². The van der Waals surface area contributed by atoms with E-state index in [0.717, 1.165) is 29.8 Å². The van der Waals surface area contributed by atoms with Crippen LogP contribution >= 0.6 is 35.6 Å². The van der Waals surface area contributed by atoms with Gasteiger partial charge in [0.2, 0.25) is 5.91 Å². The molecule has 0 aromatic heterocycles. The fourth-order valence-electron chi connectivity index (χ4n) is 2.87. The van der Waals surface area contributed by atoms with Gasteiger partial charge in [0, 0.05) is 28.1 Å². The zero-order valence-electron chi connectivity index (χ0n) is 13.9. The monoisotopic (exact) mass is 398 g/mol. The van der Waals surface area contributed by atoms with Crippen LogP contribution in [0.2, 0.25) is 10.0 Å². The van der Waals surface area contributed by atoms with Gasteiger partial charge in [-0.2, -0.15) is 0 Å². The zero-order valence-corrected chi connectivity index (χ0v) is 16.2. The second kappa shape index (κ2) is 8.91. The number of amides is 1. The summed E-state index contributed by atoms with van der Waals surface area (Å²) in [6.45, 7) is 4.32. The molecule has 0 saturated carbocycles. The van der Waals surface area contributed by atoms with Gasteiger partial charge in [-0.05, 0) is 42.3 Å². The van der Waals surface area contributed by atoms with Gasteiger partial charge in [-0.25, -0.2) is 0 Å². The first kappa shape index (κ1) is 20.1. The number of hydrogen-bond acceptors (Lipinski definition) is 2. The molecule has 2 aromatic rings. The fourth-order valence-corrected chi connectivity index (χ4v) is 3.38. The van der Waals surface area contributed by atoms with Gasteiger partial charge in [0.05, 0.1) is 0 Å². The average Bonchev–Trinajstić information content (AvgIpc) is 2.51. The topological polar surface area (TPSA) is 41.1 Å². The Labute approximate surface area is 164 Å². The third-order valence-electron chi connectivity index (χ3n) is 4.63. The van der Waals surface area contributed by atoms with Crippen molar-refractivity contribution in [2.45, 2.75) is 13.5 Å². The summed E-state index contributed by atoms with van der Waals surface area (Å²) in [5, 5.41) is 7.48. The highest BCUT2D eigenvalue weighted by molar-refractivity contribution is 6.36. The zero-order chi connectivity index (χ0) is 17.1. The summed E-state index contributed by atoms with van der Waals surface area (Å²) in [5.41, 5.74) is 2.97. The Bertz CT molecular complexity index is 747. The third-order valence-corrected chi connectivity index (χ3v) is 5.17. The quantitative estimate of drug-likeness (QED) is 0.774. The van der Waals surface area contributed by atoms with E-state index in [0.29, 0.717) is 22.5 Å². The number of halogens is 3. The van der Waals surface area contributed by atoms with E-state index in [2.05, 4.69) is 10.6 Å². The molecular weight excluding hydrogens is 379 g/mol. The van der Waals surface area contributed by atoms with Crippen LogP contribution in [0.3, 0.4) is 0 Å². The molecule has 1 saturated heterocycles. The summed E-state index contributed by atoms with van der Waals surface area (Å²) in [6.07, 6.45) is 0. The molecular formula is C19H21Cl3N2O. The maximum Gasteiger partial charge on any atom is 0.223 e. The van der Waals surface area contributed by atoms with Gasteiger partial charge in [-0.15, -0.1) is 12.4 Å². The summed E-state index contributed by atoms with van der Waals surface area (Å²) in [5.74, 6) is 0.557. The molecule has 1 fully saturated rings. The first-order valence-corrected chi connectivity index (χ1v) is 8.83. The maximum absolute atomic E-state index is 12.3. The Morgan fingerprint density at radius 3 is 2.56 bits per heavy atom. The van der Waals surface area contributed by atoms with Crippen LogP contribution in [0.4, 0.5) is 0 Å². The average molecular weight is 400 g/mol. The van der Waals surface area contributed by atoms with Gasteiger partial charge < -0.3 is 10.6 Å². The molecule has 2 N–H and O–H groups in total. The second-order valence-electron chi connectivity index (χ2n) is 6.21. The number of nitrogens with one attached hydrogen (secondary N) is 2. The largest absolute Gasteiger partial charge is 0.352 e. The van der Waals surface area contributed by atoms with E-state index in [-0.39, 0.29) is 24.2 Å². The first-order chi connectivity index (χ1) is 11.6. The molecule has 2 aromatic carbocycles. The first-order valence-electron chi connectivity index (χ1n) is 8.08. The molecule has 1 aliphatic rings. The van der Waals surface area contributed by atoms with Crippen molar-refractivity contribution in [3.8, 4) is 11.1 Å². The van der Waals surface area contributed by atoms with Gasteiger partial charge in [0.1, 0.15) is 0 Å². The normalized spacial score (nSPS) is 15.0. The molecule has 25 heavy (non-hydrogen) atoms. The van der Waals surface area contributed by atoms with E-state index in [1.54, 1.807) is 6.07 Å². The van der Waals surface area contributed by atoms with Crippen molar-refractivity contribution in [1.82, 2.24) is 10.6 Å². The molecule has 0 aliphatic carbocycles. The summed E-state index contributed by atoms with van der Waals surface area (Å²) in [7, 11) is 0. The molecule has 3 nitrogen and oxygen atoms in total. The minimum Gasteiger partial charge on any atom is -0.352 e. The summed E-state index contributed by atoms with van der Waals surface area (Å²) in [4.78, 5) is 12.3. The number of carbonyl (C=O) groups excluding carboxylic acids is 1. The van der Waals surface area contributed by atoms with Crippen molar-refractivity contribution in [1.29, 1.82) is 0 Å². The van der Waals surface area contributed by atoms with Gasteiger partial charge in [0.15, 0.2) is 0 Å². The highest BCUT2D eigenvalue weighted by Gasteiger charge is 2.28. The van der Waals surface area contributed by atoms with E-state index in [4.69, 9.17) is 23.2 Å². The Kier molecular flexibility index (Phi) is 7.14. The number of carbonyl (C=O) groups is 1. The lowest BCUT2D eigenvalue weighted by atomic mass is 9.88. The van der Waals surface area contributed by atoms with Crippen LogP contribution in [0, 0.1) is 11.8 Å². The van der Waals surface area contributed by atoms with Crippen LogP contribution in [-0.2, 0) is 11.3 Å². The molecule has 1 heterocycles. The summed E-state index contributed by atoms with van der Waals surface area (Å²) >= 11 is 12.3. The second-order valence-corrected chi connectivity index (χ2v) is 7.05. The molecule has 0 radical (unpaired) electrons.